The van der Waals surface area contributed by atoms with Gasteiger partial charge < -0.3 is 0 Å². The van der Waals surface area contributed by atoms with Crippen molar-refractivity contribution >= 4 is 5.78 Å². The summed E-state index contributed by atoms with van der Waals surface area (Å²) in [6, 6.07) is 0. The van der Waals surface area contributed by atoms with Gasteiger partial charge in [0.05, 0.1) is 5.41 Å². The van der Waals surface area contributed by atoms with Gasteiger partial charge in [0.2, 0.25) is 0 Å². The summed E-state index contributed by atoms with van der Waals surface area (Å²) in [4.78, 5) is 10.9. The van der Waals surface area contributed by atoms with Gasteiger partial charge in [-0.1, -0.05) is 19.1 Å². The van der Waals surface area contributed by atoms with E-state index in [1.54, 1.807) is 6.92 Å². The maximum atomic E-state index is 10.9. The number of carbonyl (C=O) groups excluding carboxylic acids is 1. The Balaban J connectivity index is 2.83. The molecule has 0 heterocycles. The lowest BCUT2D eigenvalue weighted by atomic mass is 10.0. The molecule has 0 aromatic heterocycles. The van der Waals surface area contributed by atoms with E-state index in [9.17, 15) is 4.79 Å². The Kier molecular flexibility index (Phi) is 1.06. The highest BCUT2D eigenvalue weighted by Gasteiger charge is 2.55. The van der Waals surface area contributed by atoms with Gasteiger partial charge in [-0.15, -0.1) is 0 Å². The molecule has 50 valence electrons. The summed E-state index contributed by atoms with van der Waals surface area (Å²) in [6.45, 7) is 9.44. The summed E-state index contributed by atoms with van der Waals surface area (Å²) in [5.74, 6) is 0.662. The number of ketones is 1. The Hall–Kier alpha value is -0.590. The average Bonchev–Trinajstić information content (AvgIpc) is 2.22. The van der Waals surface area contributed by atoms with Gasteiger partial charge in [-0.3, -0.25) is 4.79 Å². The molecule has 1 nitrogen and oxygen atoms in total. The average molecular weight is 124 g/mol. The first-order valence-corrected chi connectivity index (χ1v) is 3.21. The number of carbonyl (C=O) groups is 1. The fraction of sp³-hybridized carbons (Fsp3) is 0.625. The lowest BCUT2D eigenvalue weighted by molar-refractivity contribution is -0.121. The monoisotopic (exact) mass is 124 g/mol. The first-order chi connectivity index (χ1) is 4.01. The van der Waals surface area contributed by atoms with Crippen molar-refractivity contribution in [3.63, 3.8) is 0 Å². The SMILES string of the molecule is C=C1C(C)C1(C)C(C)=O. The molecule has 2 unspecified atom stereocenters. The number of Topliss-reactive ketones (excluding diaryl/α,β-unsaturated/α-hetero) is 1. The smallest absolute Gasteiger partial charge is 0.140 e. The van der Waals surface area contributed by atoms with Gasteiger partial charge in [-0.25, -0.2) is 0 Å². The fourth-order valence-electron chi connectivity index (χ4n) is 1.25. The molecular formula is C8H12O. The normalized spacial score (nSPS) is 40.8. The Morgan fingerprint density at radius 1 is 1.78 bits per heavy atom. The van der Waals surface area contributed by atoms with Crippen molar-refractivity contribution in [2.45, 2.75) is 20.8 Å². The van der Waals surface area contributed by atoms with Crippen LogP contribution in [0, 0.1) is 11.3 Å². The van der Waals surface area contributed by atoms with Crippen LogP contribution in [0.1, 0.15) is 20.8 Å². The lowest BCUT2D eigenvalue weighted by Gasteiger charge is -1.99. The van der Waals surface area contributed by atoms with Crippen molar-refractivity contribution in [2.75, 3.05) is 0 Å². The molecule has 0 radical (unpaired) electrons. The minimum atomic E-state index is -0.167. The molecule has 0 aromatic carbocycles. The number of allylic oxidation sites excluding steroid dienone is 1. The molecule has 1 heteroatoms. The van der Waals surface area contributed by atoms with Crippen molar-refractivity contribution in [3.8, 4) is 0 Å². The van der Waals surface area contributed by atoms with E-state index in [0.717, 1.165) is 5.57 Å². The minimum Gasteiger partial charge on any atom is -0.299 e. The van der Waals surface area contributed by atoms with Crippen LogP contribution in [0.2, 0.25) is 0 Å². The third-order valence-corrected chi connectivity index (χ3v) is 2.70. The van der Waals surface area contributed by atoms with Crippen molar-refractivity contribution in [3.05, 3.63) is 12.2 Å². The molecule has 9 heavy (non-hydrogen) atoms. The van der Waals surface area contributed by atoms with Crippen LogP contribution in [-0.4, -0.2) is 5.78 Å². The highest BCUT2D eigenvalue weighted by molar-refractivity contribution is 5.91. The molecule has 0 bridgehead atoms. The van der Waals surface area contributed by atoms with Crippen LogP contribution in [-0.2, 0) is 4.79 Å². The molecule has 1 aliphatic carbocycles. The minimum absolute atomic E-state index is 0.167. The first-order valence-electron chi connectivity index (χ1n) is 3.21. The van der Waals surface area contributed by atoms with E-state index in [0.29, 0.717) is 5.92 Å². The van der Waals surface area contributed by atoms with Gasteiger partial charge in [-0.05, 0) is 19.8 Å². The molecule has 0 aliphatic heterocycles. The number of hydrogen-bond donors (Lipinski definition) is 0. The van der Waals surface area contributed by atoms with Crippen LogP contribution in [0.25, 0.3) is 0 Å². The van der Waals surface area contributed by atoms with Crippen molar-refractivity contribution < 1.29 is 4.79 Å². The first kappa shape index (κ1) is 6.53. The highest BCUT2D eigenvalue weighted by atomic mass is 16.1. The zero-order valence-electron chi connectivity index (χ0n) is 6.19. The predicted octanol–water partition coefficient (Wildman–Crippen LogP) is 1.79. The quantitative estimate of drug-likeness (QED) is 0.487. The molecule has 1 fully saturated rings. The van der Waals surface area contributed by atoms with E-state index >= 15 is 0 Å². The van der Waals surface area contributed by atoms with Gasteiger partial charge >= 0.3 is 0 Å². The highest BCUT2D eigenvalue weighted by Crippen LogP contribution is 2.57. The van der Waals surface area contributed by atoms with E-state index in [2.05, 4.69) is 6.58 Å². The second-order valence-corrected chi connectivity index (χ2v) is 3.01. The van der Waals surface area contributed by atoms with Crippen LogP contribution >= 0.6 is 0 Å². The molecule has 0 aromatic rings. The standard InChI is InChI=1S/C8H12O/c1-5-6(2)8(5,4)7(3)9/h6H,1H2,2-4H3. The Morgan fingerprint density at radius 3 is 2.11 bits per heavy atom. The third kappa shape index (κ3) is 0.576. The largest absolute Gasteiger partial charge is 0.299 e. The second kappa shape index (κ2) is 1.47. The number of hydrogen-bond acceptors (Lipinski definition) is 1. The lowest BCUT2D eigenvalue weighted by Crippen LogP contribution is -2.08. The van der Waals surface area contributed by atoms with Crippen LogP contribution < -0.4 is 0 Å². The third-order valence-electron chi connectivity index (χ3n) is 2.70. The molecule has 1 saturated carbocycles. The molecule has 0 amide bonds. The molecule has 1 aliphatic rings. The van der Waals surface area contributed by atoms with Crippen LogP contribution in [0.5, 0.6) is 0 Å². The summed E-state index contributed by atoms with van der Waals surface area (Å²) in [6.07, 6.45) is 0. The van der Waals surface area contributed by atoms with Crippen LogP contribution in [0.3, 0.4) is 0 Å². The summed E-state index contributed by atoms with van der Waals surface area (Å²) in [5.41, 5.74) is 0.926. The van der Waals surface area contributed by atoms with Crippen molar-refractivity contribution in [2.24, 2.45) is 11.3 Å². The molecule has 0 saturated heterocycles. The van der Waals surface area contributed by atoms with Gasteiger partial charge in [0, 0.05) is 0 Å². The molecule has 1 rings (SSSR count). The topological polar surface area (TPSA) is 17.1 Å². The molecule has 0 spiro atoms. The number of rotatable bonds is 1. The van der Waals surface area contributed by atoms with Crippen molar-refractivity contribution in [1.29, 1.82) is 0 Å². The maximum absolute atomic E-state index is 10.9. The summed E-state index contributed by atoms with van der Waals surface area (Å²) < 4.78 is 0. The van der Waals surface area contributed by atoms with Crippen LogP contribution in [0.4, 0.5) is 0 Å². The van der Waals surface area contributed by atoms with Gasteiger partial charge in [0.15, 0.2) is 0 Å². The molecular weight excluding hydrogens is 112 g/mol. The zero-order valence-corrected chi connectivity index (χ0v) is 6.19. The Morgan fingerprint density at radius 2 is 2.11 bits per heavy atom. The zero-order chi connectivity index (χ0) is 7.23. The summed E-state index contributed by atoms with van der Waals surface area (Å²) in [7, 11) is 0. The van der Waals surface area contributed by atoms with Gasteiger partial charge in [0.1, 0.15) is 5.78 Å². The van der Waals surface area contributed by atoms with Gasteiger partial charge in [-0.2, -0.15) is 0 Å². The van der Waals surface area contributed by atoms with E-state index < -0.39 is 0 Å². The Labute approximate surface area is 55.8 Å². The summed E-state index contributed by atoms with van der Waals surface area (Å²) in [5, 5.41) is 0. The fourth-order valence-corrected chi connectivity index (χ4v) is 1.25. The van der Waals surface area contributed by atoms with E-state index in [-0.39, 0.29) is 11.2 Å². The summed E-state index contributed by atoms with van der Waals surface area (Å²) >= 11 is 0. The second-order valence-electron chi connectivity index (χ2n) is 3.01. The van der Waals surface area contributed by atoms with E-state index in [4.69, 9.17) is 0 Å². The van der Waals surface area contributed by atoms with Gasteiger partial charge in [0.25, 0.3) is 0 Å². The molecule has 0 N–H and O–H groups in total. The predicted molar refractivity (Wildman–Crippen MR) is 37.1 cm³/mol. The van der Waals surface area contributed by atoms with E-state index in [1.165, 1.54) is 0 Å². The van der Waals surface area contributed by atoms with E-state index in [1.807, 2.05) is 13.8 Å². The van der Waals surface area contributed by atoms with Crippen molar-refractivity contribution in [1.82, 2.24) is 0 Å². The Bertz CT molecular complexity index is 171. The van der Waals surface area contributed by atoms with Crippen LogP contribution in [0.15, 0.2) is 12.2 Å². The maximum Gasteiger partial charge on any atom is 0.140 e. The molecule has 2 atom stereocenters.